The van der Waals surface area contributed by atoms with Gasteiger partial charge in [0.25, 0.3) is 0 Å². The first kappa shape index (κ1) is 14.0. The van der Waals surface area contributed by atoms with Gasteiger partial charge in [0.2, 0.25) is 0 Å². The van der Waals surface area contributed by atoms with Crippen molar-refractivity contribution in [3.63, 3.8) is 0 Å². The van der Waals surface area contributed by atoms with Gasteiger partial charge >= 0.3 is 0 Å². The van der Waals surface area contributed by atoms with Gasteiger partial charge in [-0.25, -0.2) is 0 Å². The highest BCUT2D eigenvalue weighted by atomic mass is 16.3. The minimum absolute atomic E-state index is 0.350. The van der Waals surface area contributed by atoms with Gasteiger partial charge in [0.1, 0.15) is 0 Å². The summed E-state index contributed by atoms with van der Waals surface area (Å²) in [6.07, 6.45) is 6.19. The molecule has 3 heterocycles. The highest BCUT2D eigenvalue weighted by molar-refractivity contribution is 5.31. The topological polar surface area (TPSA) is 19.6 Å². The summed E-state index contributed by atoms with van der Waals surface area (Å²) in [5, 5.41) is 0. The van der Waals surface area contributed by atoms with Gasteiger partial charge in [-0.2, -0.15) is 0 Å². The highest BCUT2D eigenvalue weighted by Crippen LogP contribution is 2.45. The molecule has 0 saturated carbocycles. The number of nitrogens with zero attached hydrogens (tertiary/aromatic N) is 2. The van der Waals surface area contributed by atoms with E-state index in [2.05, 4.69) is 53.2 Å². The Hall–Kier alpha value is -1.58. The summed E-state index contributed by atoms with van der Waals surface area (Å²) in [6.45, 7) is 4.53. The zero-order valence-electron chi connectivity index (χ0n) is 13.2. The number of hydrogen-bond acceptors (Lipinski definition) is 3. The van der Waals surface area contributed by atoms with Crippen LogP contribution in [0.4, 0.5) is 0 Å². The first-order valence-electron chi connectivity index (χ1n) is 8.27. The van der Waals surface area contributed by atoms with Gasteiger partial charge in [-0.05, 0) is 44.6 Å². The van der Waals surface area contributed by atoms with Crippen LogP contribution in [0.1, 0.15) is 24.0 Å². The Morgan fingerprint density at radius 3 is 2.73 bits per heavy atom. The SMILES string of the molecule is CN1CC[C@]2(c3ccccc3)CCN(Cc3ccoc3)C[C@@H]12. The van der Waals surface area contributed by atoms with Crippen LogP contribution in [0.2, 0.25) is 0 Å². The van der Waals surface area contributed by atoms with Crippen LogP contribution in [0.25, 0.3) is 0 Å². The molecular weight excluding hydrogens is 272 g/mol. The fraction of sp³-hybridized carbons (Fsp3) is 0.474. The monoisotopic (exact) mass is 296 g/mol. The Labute approximate surface area is 132 Å². The lowest BCUT2D eigenvalue weighted by Gasteiger charge is -2.46. The molecule has 2 aliphatic rings. The molecule has 2 aromatic rings. The molecule has 2 saturated heterocycles. The summed E-state index contributed by atoms with van der Waals surface area (Å²) in [6, 6.07) is 13.9. The molecular formula is C19H24N2O. The van der Waals surface area contributed by atoms with Gasteiger partial charge in [-0.3, -0.25) is 4.90 Å². The van der Waals surface area contributed by atoms with Gasteiger partial charge in [0.15, 0.2) is 0 Å². The van der Waals surface area contributed by atoms with E-state index in [-0.39, 0.29) is 0 Å². The van der Waals surface area contributed by atoms with Gasteiger partial charge < -0.3 is 9.32 Å². The number of likely N-dealkylation sites (N-methyl/N-ethyl adjacent to an activating group) is 1. The zero-order chi connectivity index (χ0) is 15.0. The molecule has 3 nitrogen and oxygen atoms in total. The molecule has 0 spiro atoms. The molecule has 1 aromatic carbocycles. The minimum atomic E-state index is 0.350. The van der Waals surface area contributed by atoms with Crippen LogP contribution in [-0.4, -0.2) is 42.5 Å². The van der Waals surface area contributed by atoms with Crippen LogP contribution in [0, 0.1) is 0 Å². The first-order valence-corrected chi connectivity index (χ1v) is 8.27. The Balaban J connectivity index is 1.57. The van der Waals surface area contributed by atoms with Gasteiger partial charge in [-0.15, -0.1) is 0 Å². The molecule has 0 unspecified atom stereocenters. The molecule has 4 rings (SSSR count). The number of fused-ring (bicyclic) bond motifs is 1. The number of likely N-dealkylation sites (tertiary alicyclic amines) is 2. The van der Waals surface area contributed by atoms with Crippen LogP contribution < -0.4 is 0 Å². The number of piperidine rings is 1. The summed E-state index contributed by atoms with van der Waals surface area (Å²) < 4.78 is 5.22. The van der Waals surface area contributed by atoms with Crippen LogP contribution in [0.5, 0.6) is 0 Å². The second-order valence-corrected chi connectivity index (χ2v) is 6.89. The molecule has 116 valence electrons. The van der Waals surface area contributed by atoms with Crippen molar-refractivity contribution in [3.05, 3.63) is 60.1 Å². The second-order valence-electron chi connectivity index (χ2n) is 6.89. The average molecular weight is 296 g/mol. The third-order valence-electron chi connectivity index (χ3n) is 5.72. The third-order valence-corrected chi connectivity index (χ3v) is 5.72. The van der Waals surface area contributed by atoms with E-state index in [9.17, 15) is 0 Å². The van der Waals surface area contributed by atoms with E-state index in [0.29, 0.717) is 11.5 Å². The van der Waals surface area contributed by atoms with E-state index in [1.54, 1.807) is 6.26 Å². The lowest BCUT2D eigenvalue weighted by atomic mass is 9.69. The lowest BCUT2D eigenvalue weighted by molar-refractivity contribution is 0.0916. The van der Waals surface area contributed by atoms with Crippen molar-refractivity contribution in [1.29, 1.82) is 0 Å². The van der Waals surface area contributed by atoms with Crippen molar-refractivity contribution in [2.45, 2.75) is 30.8 Å². The Bertz CT molecular complexity index is 610. The van der Waals surface area contributed by atoms with Crippen LogP contribution in [0.15, 0.2) is 53.3 Å². The molecule has 2 aliphatic heterocycles. The fourth-order valence-electron chi connectivity index (χ4n) is 4.45. The third kappa shape index (κ3) is 2.29. The Morgan fingerprint density at radius 2 is 1.95 bits per heavy atom. The van der Waals surface area contributed by atoms with Crippen molar-refractivity contribution >= 4 is 0 Å². The Morgan fingerprint density at radius 1 is 1.14 bits per heavy atom. The fourth-order valence-corrected chi connectivity index (χ4v) is 4.45. The van der Waals surface area contributed by atoms with Crippen molar-refractivity contribution in [2.24, 2.45) is 0 Å². The van der Waals surface area contributed by atoms with Crippen LogP contribution in [0.3, 0.4) is 0 Å². The van der Waals surface area contributed by atoms with Crippen molar-refractivity contribution in [2.75, 3.05) is 26.7 Å². The summed E-state index contributed by atoms with van der Waals surface area (Å²) >= 11 is 0. The molecule has 1 aromatic heterocycles. The molecule has 2 atom stereocenters. The van der Waals surface area contributed by atoms with Crippen LogP contribution >= 0.6 is 0 Å². The average Bonchev–Trinajstić information content (AvgIpc) is 3.18. The zero-order valence-corrected chi connectivity index (χ0v) is 13.2. The van der Waals surface area contributed by atoms with Gasteiger partial charge in [0, 0.05) is 30.1 Å². The molecule has 22 heavy (non-hydrogen) atoms. The smallest absolute Gasteiger partial charge is 0.0947 e. The predicted molar refractivity (Wildman–Crippen MR) is 87.8 cm³/mol. The normalized spacial score (nSPS) is 29.6. The van der Waals surface area contributed by atoms with Gasteiger partial charge in [0.05, 0.1) is 12.5 Å². The van der Waals surface area contributed by atoms with E-state index in [0.717, 1.165) is 13.1 Å². The molecule has 0 amide bonds. The highest BCUT2D eigenvalue weighted by Gasteiger charge is 2.49. The van der Waals surface area contributed by atoms with E-state index >= 15 is 0 Å². The van der Waals surface area contributed by atoms with Crippen LogP contribution in [-0.2, 0) is 12.0 Å². The largest absolute Gasteiger partial charge is 0.472 e. The predicted octanol–water partition coefficient (Wildman–Crippen LogP) is 3.13. The molecule has 0 aliphatic carbocycles. The Kier molecular flexibility index (Phi) is 3.55. The maximum Gasteiger partial charge on any atom is 0.0947 e. The molecule has 2 fully saturated rings. The maximum absolute atomic E-state index is 5.22. The summed E-state index contributed by atoms with van der Waals surface area (Å²) in [5.74, 6) is 0. The number of rotatable bonds is 3. The quantitative estimate of drug-likeness (QED) is 0.867. The van der Waals surface area contributed by atoms with Crippen molar-refractivity contribution < 1.29 is 4.42 Å². The van der Waals surface area contributed by atoms with Gasteiger partial charge in [-0.1, -0.05) is 30.3 Å². The summed E-state index contributed by atoms with van der Waals surface area (Å²) in [5.41, 5.74) is 3.17. The summed E-state index contributed by atoms with van der Waals surface area (Å²) in [7, 11) is 2.29. The van der Waals surface area contributed by atoms with E-state index in [4.69, 9.17) is 4.42 Å². The van der Waals surface area contributed by atoms with Crippen molar-refractivity contribution in [1.82, 2.24) is 9.80 Å². The summed E-state index contributed by atoms with van der Waals surface area (Å²) in [4.78, 5) is 5.15. The molecule has 0 bridgehead atoms. The maximum atomic E-state index is 5.22. The second kappa shape index (κ2) is 5.56. The van der Waals surface area contributed by atoms with Crippen molar-refractivity contribution in [3.8, 4) is 0 Å². The lowest BCUT2D eigenvalue weighted by Crippen LogP contribution is -2.54. The number of furan rings is 1. The molecule has 3 heteroatoms. The molecule has 0 N–H and O–H groups in total. The molecule has 0 radical (unpaired) electrons. The number of benzene rings is 1. The van der Waals surface area contributed by atoms with E-state index in [1.807, 2.05) is 6.26 Å². The minimum Gasteiger partial charge on any atom is -0.472 e. The van der Waals surface area contributed by atoms with E-state index in [1.165, 1.54) is 37.1 Å². The van der Waals surface area contributed by atoms with E-state index < -0.39 is 0 Å². The first-order chi connectivity index (χ1) is 10.8. The standard InChI is InChI=1S/C19H24N2O/c1-20-10-8-19(17-5-3-2-4-6-17)9-11-21(14-18(19)20)13-16-7-12-22-15-16/h2-7,12,15,18H,8-11,13-14H2,1H3/t18-,19-/m1/s1. The number of hydrogen-bond donors (Lipinski definition) is 0.